The van der Waals surface area contributed by atoms with Gasteiger partial charge in [-0.3, -0.25) is 0 Å². The van der Waals surface area contributed by atoms with Crippen LogP contribution in [0.1, 0.15) is 46.0 Å². The van der Waals surface area contributed by atoms with Gasteiger partial charge in [0.25, 0.3) is 0 Å². The van der Waals surface area contributed by atoms with E-state index in [9.17, 15) is 14.7 Å². The highest BCUT2D eigenvalue weighted by molar-refractivity contribution is 5.85. The van der Waals surface area contributed by atoms with Gasteiger partial charge in [0.05, 0.1) is 0 Å². The fraction of sp³-hybridized carbons (Fsp3) is 0.857. The van der Waals surface area contributed by atoms with E-state index in [1.165, 1.54) is 6.92 Å². The van der Waals surface area contributed by atoms with Gasteiger partial charge in [0, 0.05) is 20.3 Å². The largest absolute Gasteiger partial charge is 0.480 e. The van der Waals surface area contributed by atoms with Crippen molar-refractivity contribution >= 4 is 12.0 Å². The van der Waals surface area contributed by atoms with E-state index in [1.807, 2.05) is 6.92 Å². The zero-order valence-electron chi connectivity index (χ0n) is 12.6. The first-order valence-electron chi connectivity index (χ1n) is 7.16. The van der Waals surface area contributed by atoms with E-state index in [-0.39, 0.29) is 5.41 Å². The van der Waals surface area contributed by atoms with Crippen LogP contribution >= 0.6 is 0 Å². The first-order chi connectivity index (χ1) is 9.37. The molecule has 0 saturated heterocycles. The third-order valence-electron chi connectivity index (χ3n) is 4.03. The average Bonchev–Trinajstić information content (AvgIpc) is 3.15. The first kappa shape index (κ1) is 16.8. The number of rotatable bonds is 9. The monoisotopic (exact) mass is 286 g/mol. The molecule has 1 atom stereocenters. The summed E-state index contributed by atoms with van der Waals surface area (Å²) in [6.45, 7) is 4.69. The molecule has 0 aromatic rings. The van der Waals surface area contributed by atoms with E-state index >= 15 is 0 Å². The summed E-state index contributed by atoms with van der Waals surface area (Å²) in [6, 6.07) is -0.410. The molecule has 6 nitrogen and oxygen atoms in total. The average molecular weight is 286 g/mol. The van der Waals surface area contributed by atoms with Gasteiger partial charge in [-0.25, -0.2) is 9.59 Å². The molecule has 1 aliphatic rings. The number of aliphatic carboxylic acids is 1. The van der Waals surface area contributed by atoms with Crippen molar-refractivity contribution in [2.45, 2.75) is 51.5 Å². The highest BCUT2D eigenvalue weighted by Gasteiger charge is 2.42. The molecule has 1 saturated carbocycles. The molecular formula is C14H26N2O4. The molecule has 6 heteroatoms. The fourth-order valence-corrected chi connectivity index (χ4v) is 2.30. The molecule has 1 fully saturated rings. The molecule has 0 bridgehead atoms. The molecule has 0 spiro atoms. The second kappa shape index (κ2) is 6.92. The van der Waals surface area contributed by atoms with Gasteiger partial charge in [0.1, 0.15) is 5.54 Å². The molecular weight excluding hydrogens is 260 g/mol. The van der Waals surface area contributed by atoms with E-state index in [4.69, 9.17) is 4.74 Å². The van der Waals surface area contributed by atoms with Crippen LogP contribution in [0.5, 0.6) is 0 Å². The van der Waals surface area contributed by atoms with E-state index in [1.54, 1.807) is 7.11 Å². The van der Waals surface area contributed by atoms with Crippen molar-refractivity contribution in [3.8, 4) is 0 Å². The Labute approximate surface area is 120 Å². The molecule has 0 heterocycles. The van der Waals surface area contributed by atoms with Crippen molar-refractivity contribution in [3.63, 3.8) is 0 Å². The minimum Gasteiger partial charge on any atom is -0.480 e. The lowest BCUT2D eigenvalue weighted by Gasteiger charge is -2.26. The number of nitrogens with one attached hydrogen (secondary N) is 2. The highest BCUT2D eigenvalue weighted by atomic mass is 16.5. The lowest BCUT2D eigenvalue weighted by Crippen LogP contribution is -2.55. The maximum Gasteiger partial charge on any atom is 0.329 e. The summed E-state index contributed by atoms with van der Waals surface area (Å²) in [4.78, 5) is 23.1. The molecule has 1 rings (SSSR count). The molecule has 0 aromatic carbocycles. The number of hydrogen-bond acceptors (Lipinski definition) is 3. The molecule has 3 N–H and O–H groups in total. The number of carboxylic acids is 1. The Kier molecular flexibility index (Phi) is 5.80. The predicted molar refractivity (Wildman–Crippen MR) is 75.6 cm³/mol. The summed E-state index contributed by atoms with van der Waals surface area (Å²) in [5.74, 6) is -1.00. The molecule has 0 radical (unpaired) electrons. The summed E-state index contributed by atoms with van der Waals surface area (Å²) in [5, 5.41) is 14.6. The number of amides is 2. The fourth-order valence-electron chi connectivity index (χ4n) is 2.30. The van der Waals surface area contributed by atoms with Crippen LogP contribution in [0.2, 0.25) is 0 Å². The maximum atomic E-state index is 11.9. The molecule has 116 valence electrons. The van der Waals surface area contributed by atoms with Gasteiger partial charge >= 0.3 is 12.0 Å². The maximum absolute atomic E-state index is 11.9. The Balaban J connectivity index is 2.41. The van der Waals surface area contributed by atoms with E-state index in [2.05, 4.69) is 10.6 Å². The first-order valence-corrected chi connectivity index (χ1v) is 7.16. The minimum atomic E-state index is -1.21. The summed E-state index contributed by atoms with van der Waals surface area (Å²) in [6.07, 6.45) is 4.20. The van der Waals surface area contributed by atoms with Gasteiger partial charge in [0.15, 0.2) is 0 Å². The number of carboxylic acid groups (broad SMARTS) is 1. The number of carbonyl (C=O) groups is 2. The SMILES string of the molecule is CCCC(C)(NC(=O)NCC1(CCOC)CC1)C(=O)O. The van der Waals surface area contributed by atoms with Crippen molar-refractivity contribution in [3.05, 3.63) is 0 Å². The smallest absolute Gasteiger partial charge is 0.329 e. The molecule has 2 amide bonds. The van der Waals surface area contributed by atoms with Crippen LogP contribution in [0.3, 0.4) is 0 Å². The normalized spacial score (nSPS) is 18.9. The summed E-state index contributed by atoms with van der Waals surface area (Å²) >= 11 is 0. The van der Waals surface area contributed by atoms with Crippen LogP contribution in [-0.2, 0) is 9.53 Å². The predicted octanol–water partition coefficient (Wildman–Crippen LogP) is 1.75. The Morgan fingerprint density at radius 2 is 2.05 bits per heavy atom. The van der Waals surface area contributed by atoms with Crippen LogP contribution in [0.15, 0.2) is 0 Å². The van der Waals surface area contributed by atoms with Crippen molar-refractivity contribution in [2.24, 2.45) is 5.41 Å². The van der Waals surface area contributed by atoms with Crippen molar-refractivity contribution in [1.29, 1.82) is 0 Å². The zero-order valence-corrected chi connectivity index (χ0v) is 12.6. The van der Waals surface area contributed by atoms with Crippen LogP contribution in [0, 0.1) is 5.41 Å². The highest BCUT2D eigenvalue weighted by Crippen LogP contribution is 2.48. The van der Waals surface area contributed by atoms with Gasteiger partial charge in [-0.05, 0) is 38.0 Å². The number of hydrogen-bond donors (Lipinski definition) is 3. The van der Waals surface area contributed by atoms with Crippen molar-refractivity contribution < 1.29 is 19.4 Å². The Hall–Kier alpha value is -1.30. The number of methoxy groups -OCH3 is 1. The summed E-state index contributed by atoms with van der Waals surface area (Å²) in [7, 11) is 1.67. The van der Waals surface area contributed by atoms with E-state index in [0.29, 0.717) is 26.0 Å². The molecule has 1 unspecified atom stereocenters. The number of urea groups is 1. The standard InChI is InChI=1S/C14H26N2O4/c1-4-5-13(2,11(17)18)16-12(19)15-10-14(6-7-14)8-9-20-3/h4-10H2,1-3H3,(H,17,18)(H2,15,16,19). The Morgan fingerprint density at radius 3 is 2.50 bits per heavy atom. The summed E-state index contributed by atoms with van der Waals surface area (Å²) in [5.41, 5.74) is -1.06. The van der Waals surface area contributed by atoms with Crippen LogP contribution < -0.4 is 10.6 Å². The molecule has 1 aliphatic carbocycles. The van der Waals surface area contributed by atoms with Gasteiger partial charge < -0.3 is 20.5 Å². The number of carbonyl (C=O) groups excluding carboxylic acids is 1. The molecule has 20 heavy (non-hydrogen) atoms. The van der Waals surface area contributed by atoms with E-state index < -0.39 is 17.5 Å². The quantitative estimate of drug-likeness (QED) is 0.602. The number of ether oxygens (including phenoxy) is 1. The van der Waals surface area contributed by atoms with Gasteiger partial charge in [-0.1, -0.05) is 13.3 Å². The lowest BCUT2D eigenvalue weighted by molar-refractivity contribution is -0.144. The lowest BCUT2D eigenvalue weighted by atomic mass is 9.96. The van der Waals surface area contributed by atoms with Crippen molar-refractivity contribution in [2.75, 3.05) is 20.3 Å². The molecule has 0 aliphatic heterocycles. The van der Waals surface area contributed by atoms with Gasteiger partial charge in [-0.15, -0.1) is 0 Å². The second-order valence-corrected chi connectivity index (χ2v) is 5.94. The van der Waals surface area contributed by atoms with Crippen LogP contribution in [-0.4, -0.2) is 42.9 Å². The zero-order chi connectivity index (χ0) is 15.2. The third-order valence-corrected chi connectivity index (χ3v) is 4.03. The summed E-state index contributed by atoms with van der Waals surface area (Å²) < 4.78 is 5.06. The minimum absolute atomic E-state index is 0.151. The van der Waals surface area contributed by atoms with Gasteiger partial charge in [-0.2, -0.15) is 0 Å². The Bertz CT molecular complexity index is 355. The topological polar surface area (TPSA) is 87.7 Å². The van der Waals surface area contributed by atoms with Crippen LogP contribution in [0.25, 0.3) is 0 Å². The van der Waals surface area contributed by atoms with E-state index in [0.717, 1.165) is 19.3 Å². The third kappa shape index (κ3) is 4.67. The van der Waals surface area contributed by atoms with Gasteiger partial charge in [0.2, 0.25) is 0 Å². The van der Waals surface area contributed by atoms with Crippen LogP contribution in [0.4, 0.5) is 4.79 Å². The van der Waals surface area contributed by atoms with Crippen molar-refractivity contribution in [1.82, 2.24) is 10.6 Å². The Morgan fingerprint density at radius 1 is 1.40 bits per heavy atom. The second-order valence-electron chi connectivity index (χ2n) is 5.94. The molecule has 0 aromatic heterocycles.